The Kier molecular flexibility index (Phi) is 5.18. The smallest absolute Gasteiger partial charge is 0.222 e. The van der Waals surface area contributed by atoms with Gasteiger partial charge in [0.2, 0.25) is 5.91 Å². The molecule has 0 radical (unpaired) electrons. The Hall–Kier alpha value is -0.770. The van der Waals surface area contributed by atoms with Crippen LogP contribution < -0.4 is 5.73 Å². The fourth-order valence-corrected chi connectivity index (χ4v) is 3.01. The van der Waals surface area contributed by atoms with Crippen molar-refractivity contribution in [1.82, 2.24) is 4.90 Å². The monoisotopic (exact) mass is 328 g/mol. The Morgan fingerprint density at radius 3 is 2.71 bits per heavy atom. The maximum atomic E-state index is 12.3. The van der Waals surface area contributed by atoms with Crippen LogP contribution >= 0.6 is 23.2 Å². The minimum absolute atomic E-state index is 0.0164. The molecule has 0 spiro atoms. The first-order chi connectivity index (χ1) is 9.79. The summed E-state index contributed by atoms with van der Waals surface area (Å²) < 4.78 is 0. The molecule has 1 unspecified atom stereocenters. The average molecular weight is 329 g/mol. The van der Waals surface area contributed by atoms with Gasteiger partial charge in [-0.15, -0.1) is 0 Å². The molecular weight excluding hydrogens is 307 g/mol. The minimum Gasteiger partial charge on any atom is -0.342 e. The highest BCUT2D eigenvalue weighted by atomic mass is 35.5. The summed E-state index contributed by atoms with van der Waals surface area (Å²) in [5, 5.41) is 1.07. The SMILES string of the molecule is CC1(C)CN(C(=O)CCc2ccc(Cl)c(Cl)c2)CCC1N. The lowest BCUT2D eigenvalue weighted by atomic mass is 9.79. The van der Waals surface area contributed by atoms with E-state index in [0.717, 1.165) is 25.1 Å². The van der Waals surface area contributed by atoms with Crippen molar-refractivity contribution >= 4 is 29.1 Å². The van der Waals surface area contributed by atoms with E-state index in [9.17, 15) is 4.79 Å². The number of amides is 1. The fourth-order valence-electron chi connectivity index (χ4n) is 2.69. The van der Waals surface area contributed by atoms with Gasteiger partial charge in [0.05, 0.1) is 10.0 Å². The Bertz CT molecular complexity index is 531. The Labute approximate surface area is 136 Å². The van der Waals surface area contributed by atoms with Crippen LogP contribution in [0.1, 0.15) is 32.3 Å². The molecule has 1 amide bonds. The van der Waals surface area contributed by atoms with Crippen molar-refractivity contribution < 1.29 is 4.79 Å². The number of hydrogen-bond acceptors (Lipinski definition) is 2. The van der Waals surface area contributed by atoms with Gasteiger partial charge in [-0.05, 0) is 36.0 Å². The van der Waals surface area contributed by atoms with Gasteiger partial charge in [0, 0.05) is 25.6 Å². The maximum absolute atomic E-state index is 12.3. The van der Waals surface area contributed by atoms with E-state index in [-0.39, 0.29) is 17.4 Å². The minimum atomic E-state index is -0.0164. The van der Waals surface area contributed by atoms with Gasteiger partial charge in [0.15, 0.2) is 0 Å². The summed E-state index contributed by atoms with van der Waals surface area (Å²) in [5.41, 5.74) is 7.12. The summed E-state index contributed by atoms with van der Waals surface area (Å²) in [5.74, 6) is 0.182. The zero-order valence-corrected chi connectivity index (χ0v) is 14.0. The number of aryl methyl sites for hydroxylation is 1. The molecule has 21 heavy (non-hydrogen) atoms. The predicted octanol–water partition coefficient (Wildman–Crippen LogP) is 3.51. The van der Waals surface area contributed by atoms with Crippen molar-refractivity contribution in [2.75, 3.05) is 13.1 Å². The molecule has 3 nitrogen and oxygen atoms in total. The van der Waals surface area contributed by atoms with Crippen molar-refractivity contribution in [3.8, 4) is 0 Å². The van der Waals surface area contributed by atoms with E-state index < -0.39 is 0 Å². The van der Waals surface area contributed by atoms with Crippen LogP contribution in [0.25, 0.3) is 0 Å². The highest BCUT2D eigenvalue weighted by Gasteiger charge is 2.34. The molecule has 0 aromatic heterocycles. The van der Waals surface area contributed by atoms with Gasteiger partial charge in [-0.25, -0.2) is 0 Å². The van der Waals surface area contributed by atoms with Crippen molar-refractivity contribution in [3.05, 3.63) is 33.8 Å². The van der Waals surface area contributed by atoms with Crippen LogP contribution in [-0.4, -0.2) is 29.9 Å². The van der Waals surface area contributed by atoms with E-state index in [4.69, 9.17) is 28.9 Å². The lowest BCUT2D eigenvalue weighted by Crippen LogP contribution is -2.54. The quantitative estimate of drug-likeness (QED) is 0.922. The van der Waals surface area contributed by atoms with Gasteiger partial charge in [0.1, 0.15) is 0 Å². The Morgan fingerprint density at radius 1 is 1.38 bits per heavy atom. The number of rotatable bonds is 3. The number of piperidine rings is 1. The highest BCUT2D eigenvalue weighted by Crippen LogP contribution is 2.28. The van der Waals surface area contributed by atoms with E-state index in [1.165, 1.54) is 0 Å². The summed E-state index contributed by atoms with van der Waals surface area (Å²) in [4.78, 5) is 14.3. The van der Waals surface area contributed by atoms with Gasteiger partial charge in [-0.2, -0.15) is 0 Å². The molecule has 1 aromatic carbocycles. The molecule has 1 aliphatic rings. The Morgan fingerprint density at radius 2 is 2.10 bits per heavy atom. The highest BCUT2D eigenvalue weighted by molar-refractivity contribution is 6.42. The molecule has 2 N–H and O–H groups in total. The van der Waals surface area contributed by atoms with E-state index in [2.05, 4.69) is 13.8 Å². The molecular formula is C16H22Cl2N2O. The molecule has 1 aromatic rings. The van der Waals surface area contributed by atoms with Gasteiger partial charge in [-0.3, -0.25) is 4.79 Å². The number of halogens is 2. The van der Waals surface area contributed by atoms with Crippen molar-refractivity contribution in [2.45, 2.75) is 39.2 Å². The second-order valence-electron chi connectivity index (χ2n) is 6.45. The number of likely N-dealkylation sites (tertiary alicyclic amines) is 1. The van der Waals surface area contributed by atoms with Crippen LogP contribution in [0.15, 0.2) is 18.2 Å². The Balaban J connectivity index is 1.91. The molecule has 1 saturated heterocycles. The van der Waals surface area contributed by atoms with Gasteiger partial charge >= 0.3 is 0 Å². The maximum Gasteiger partial charge on any atom is 0.222 e. The molecule has 0 saturated carbocycles. The topological polar surface area (TPSA) is 46.3 Å². The molecule has 1 heterocycles. The summed E-state index contributed by atoms with van der Waals surface area (Å²) in [6.45, 7) is 5.73. The number of nitrogens with zero attached hydrogens (tertiary/aromatic N) is 1. The molecule has 1 aliphatic heterocycles. The standard InChI is InChI=1S/C16H22Cl2N2O/c1-16(2)10-20(8-7-14(16)19)15(21)6-4-11-3-5-12(17)13(18)9-11/h3,5,9,14H,4,6-8,10,19H2,1-2H3. The summed E-state index contributed by atoms with van der Waals surface area (Å²) in [6.07, 6.45) is 2.04. The van der Waals surface area contributed by atoms with Crippen molar-refractivity contribution in [3.63, 3.8) is 0 Å². The first-order valence-corrected chi connectivity index (χ1v) is 8.02. The van der Waals surface area contributed by atoms with Crippen LogP contribution in [0.4, 0.5) is 0 Å². The number of nitrogens with two attached hydrogens (primary N) is 1. The number of hydrogen-bond donors (Lipinski definition) is 1. The fraction of sp³-hybridized carbons (Fsp3) is 0.562. The van der Waals surface area contributed by atoms with Crippen LogP contribution in [0.3, 0.4) is 0 Å². The largest absolute Gasteiger partial charge is 0.342 e. The summed E-state index contributed by atoms with van der Waals surface area (Å²) in [6, 6.07) is 5.67. The molecule has 1 atom stereocenters. The number of carbonyl (C=O) groups excluding carboxylic acids is 1. The first-order valence-electron chi connectivity index (χ1n) is 7.27. The van der Waals surface area contributed by atoms with Crippen molar-refractivity contribution in [2.24, 2.45) is 11.1 Å². The number of benzene rings is 1. The molecule has 1 fully saturated rings. The second kappa shape index (κ2) is 6.55. The van der Waals surface area contributed by atoms with Crippen molar-refractivity contribution in [1.29, 1.82) is 0 Å². The third kappa shape index (κ3) is 4.12. The zero-order chi connectivity index (χ0) is 15.6. The molecule has 2 rings (SSSR count). The number of carbonyl (C=O) groups is 1. The predicted molar refractivity (Wildman–Crippen MR) is 87.7 cm³/mol. The van der Waals surface area contributed by atoms with Gasteiger partial charge < -0.3 is 10.6 Å². The lowest BCUT2D eigenvalue weighted by molar-refractivity contribution is -0.134. The molecule has 116 valence electrons. The average Bonchev–Trinajstić information content (AvgIpc) is 2.42. The van der Waals surface area contributed by atoms with E-state index in [0.29, 0.717) is 22.9 Å². The second-order valence-corrected chi connectivity index (χ2v) is 7.26. The van der Waals surface area contributed by atoms with Gasteiger partial charge in [-0.1, -0.05) is 43.1 Å². The molecule has 0 bridgehead atoms. The van der Waals surface area contributed by atoms with E-state index >= 15 is 0 Å². The first kappa shape index (κ1) is 16.6. The lowest BCUT2D eigenvalue weighted by Gasteiger charge is -2.42. The third-order valence-electron chi connectivity index (χ3n) is 4.28. The summed E-state index contributed by atoms with van der Waals surface area (Å²) >= 11 is 11.9. The van der Waals surface area contributed by atoms with Crippen LogP contribution in [0.2, 0.25) is 10.0 Å². The zero-order valence-electron chi connectivity index (χ0n) is 12.5. The molecule has 5 heteroatoms. The van der Waals surface area contributed by atoms with Gasteiger partial charge in [0.25, 0.3) is 0 Å². The van der Waals surface area contributed by atoms with E-state index in [1.807, 2.05) is 17.0 Å². The van der Waals surface area contributed by atoms with E-state index in [1.54, 1.807) is 6.07 Å². The van der Waals surface area contributed by atoms with Crippen LogP contribution in [0, 0.1) is 5.41 Å². The normalized spacial score (nSPS) is 21.4. The summed E-state index contributed by atoms with van der Waals surface area (Å²) in [7, 11) is 0. The molecule has 0 aliphatic carbocycles. The third-order valence-corrected chi connectivity index (χ3v) is 5.02. The van der Waals surface area contributed by atoms with Crippen LogP contribution in [-0.2, 0) is 11.2 Å². The van der Waals surface area contributed by atoms with Crippen LogP contribution in [0.5, 0.6) is 0 Å².